The summed E-state index contributed by atoms with van der Waals surface area (Å²) in [5.41, 5.74) is 3.19. The molecule has 1 aliphatic carbocycles. The number of hydrogen-bond donors (Lipinski definition) is 1. The van der Waals surface area contributed by atoms with Crippen molar-refractivity contribution in [2.24, 2.45) is 10.9 Å². The third-order valence-corrected chi connectivity index (χ3v) is 7.71. The molecule has 3 atom stereocenters. The third-order valence-electron chi connectivity index (χ3n) is 7.11. The first-order valence-corrected chi connectivity index (χ1v) is 13.8. The molecule has 0 saturated heterocycles. The van der Waals surface area contributed by atoms with Crippen LogP contribution in [0.2, 0.25) is 0 Å². The number of fused-ring (bicyclic) bond motifs is 1. The molecule has 1 aliphatic heterocycles. The van der Waals surface area contributed by atoms with Crippen molar-refractivity contribution >= 4 is 33.4 Å². The van der Waals surface area contributed by atoms with Crippen molar-refractivity contribution in [1.29, 1.82) is 0 Å². The summed E-state index contributed by atoms with van der Waals surface area (Å²) in [4.78, 5) is 32.1. The maximum Gasteiger partial charge on any atom is 0.336 e. The second-order valence-electron chi connectivity index (χ2n) is 9.98. The number of carbonyl (C=O) groups excluding carboxylic acids is 2. The Morgan fingerprint density at radius 3 is 2.38 bits per heavy atom. The van der Waals surface area contributed by atoms with Crippen molar-refractivity contribution in [3.05, 3.63) is 57.2 Å². The van der Waals surface area contributed by atoms with Gasteiger partial charge in [0, 0.05) is 23.7 Å². The molecule has 1 saturated carbocycles. The van der Waals surface area contributed by atoms with Crippen molar-refractivity contribution in [2.75, 3.05) is 20.8 Å². The number of phenolic OH excluding ortho intramolecular Hbond substituents is 1. The molecule has 4 rings (SSSR count). The van der Waals surface area contributed by atoms with Gasteiger partial charge < -0.3 is 24.1 Å². The quantitative estimate of drug-likeness (QED) is 0.366. The Bertz CT molecular complexity index is 1350. The van der Waals surface area contributed by atoms with E-state index < -0.39 is 17.8 Å². The van der Waals surface area contributed by atoms with E-state index in [2.05, 4.69) is 15.9 Å². The van der Waals surface area contributed by atoms with Crippen molar-refractivity contribution in [2.45, 2.75) is 58.5 Å². The number of nitrogens with zero attached hydrogens (tertiary/aromatic N) is 1. The molecule has 208 valence electrons. The number of benzene rings is 2. The molecule has 0 radical (unpaired) electrons. The summed E-state index contributed by atoms with van der Waals surface area (Å²) in [5, 5.41) is 10.5. The van der Waals surface area contributed by atoms with Gasteiger partial charge in [-0.1, -0.05) is 6.07 Å². The highest BCUT2D eigenvalue weighted by Gasteiger charge is 2.46. The molecule has 1 fully saturated rings. The van der Waals surface area contributed by atoms with Gasteiger partial charge in [0.15, 0.2) is 23.0 Å². The number of Topliss-reactive ketones (excluding diaryl/α,β-unsaturated/α-hetero) is 1. The molecule has 2 aromatic carbocycles. The van der Waals surface area contributed by atoms with Gasteiger partial charge >= 0.3 is 5.97 Å². The maximum absolute atomic E-state index is 13.9. The fraction of sp³-hybridized carbons (Fsp3) is 0.433. The second kappa shape index (κ2) is 11.8. The van der Waals surface area contributed by atoms with E-state index in [1.54, 1.807) is 47.1 Å². The van der Waals surface area contributed by atoms with Gasteiger partial charge in [0.1, 0.15) is 5.78 Å². The van der Waals surface area contributed by atoms with E-state index in [1.807, 2.05) is 25.1 Å². The van der Waals surface area contributed by atoms with E-state index >= 15 is 0 Å². The Balaban J connectivity index is 1.82. The standard InChI is InChI=1S/C30H34BrNO7/c1-7-38-25-14-19(10-20(31)29(25)34)27-26(30(35)39-15(2)3)16(4)32-21-11-18(12-22(33)28(21)27)17-8-9-23(36-5)24(13-17)37-6/h8-10,13-15,18,27-28,34H,7,11-12H2,1-6H3/t18-,27+,28?/m0/s1. The maximum atomic E-state index is 13.9. The molecule has 2 aromatic rings. The minimum Gasteiger partial charge on any atom is -0.503 e. The summed E-state index contributed by atoms with van der Waals surface area (Å²) in [6.07, 6.45) is 0.480. The van der Waals surface area contributed by atoms with Crippen LogP contribution in [0.3, 0.4) is 0 Å². The largest absolute Gasteiger partial charge is 0.503 e. The van der Waals surface area contributed by atoms with Crippen LogP contribution in [0.4, 0.5) is 0 Å². The van der Waals surface area contributed by atoms with Crippen LogP contribution in [-0.2, 0) is 14.3 Å². The van der Waals surface area contributed by atoms with Crippen LogP contribution in [0.5, 0.6) is 23.0 Å². The third kappa shape index (κ3) is 5.69. The summed E-state index contributed by atoms with van der Waals surface area (Å²) in [5.74, 6) is -0.472. The monoisotopic (exact) mass is 599 g/mol. The lowest BCUT2D eigenvalue weighted by molar-refractivity contribution is -0.143. The number of rotatable bonds is 8. The summed E-state index contributed by atoms with van der Waals surface area (Å²) in [6, 6.07) is 9.11. The number of aromatic hydroxyl groups is 1. The zero-order valence-electron chi connectivity index (χ0n) is 23.0. The highest BCUT2D eigenvalue weighted by molar-refractivity contribution is 9.10. The molecule has 1 N–H and O–H groups in total. The molecule has 9 heteroatoms. The van der Waals surface area contributed by atoms with Gasteiger partial charge in [-0.3, -0.25) is 9.79 Å². The number of esters is 1. The second-order valence-corrected chi connectivity index (χ2v) is 10.8. The number of hydrogen-bond acceptors (Lipinski definition) is 8. The number of allylic oxidation sites excluding steroid dienone is 1. The lowest BCUT2D eigenvalue weighted by Crippen LogP contribution is -2.41. The molecule has 0 spiro atoms. The van der Waals surface area contributed by atoms with Gasteiger partial charge in [-0.15, -0.1) is 0 Å². The zero-order valence-corrected chi connectivity index (χ0v) is 24.6. The number of aliphatic imine (C=N–C) groups is 1. The smallest absolute Gasteiger partial charge is 0.336 e. The van der Waals surface area contributed by atoms with E-state index in [4.69, 9.17) is 23.9 Å². The molecular weight excluding hydrogens is 566 g/mol. The van der Waals surface area contributed by atoms with E-state index in [-0.39, 0.29) is 35.7 Å². The van der Waals surface area contributed by atoms with Crippen LogP contribution in [0.1, 0.15) is 63.5 Å². The van der Waals surface area contributed by atoms with Gasteiger partial charge in [-0.25, -0.2) is 4.79 Å². The van der Waals surface area contributed by atoms with Crippen LogP contribution >= 0.6 is 15.9 Å². The zero-order chi connectivity index (χ0) is 28.4. The number of methoxy groups -OCH3 is 2. The van der Waals surface area contributed by atoms with Gasteiger partial charge in [0.05, 0.1) is 42.9 Å². The van der Waals surface area contributed by atoms with Crippen LogP contribution in [0, 0.1) is 5.92 Å². The first kappa shape index (κ1) is 28.7. The van der Waals surface area contributed by atoms with Gasteiger partial charge in [0.2, 0.25) is 0 Å². The molecular formula is C30H34BrNO7. The average Bonchev–Trinajstić information content (AvgIpc) is 2.89. The lowest BCUT2D eigenvalue weighted by Gasteiger charge is -2.38. The Morgan fingerprint density at radius 1 is 1.05 bits per heavy atom. The normalized spacial score (nSPS) is 20.9. The molecule has 8 nitrogen and oxygen atoms in total. The summed E-state index contributed by atoms with van der Waals surface area (Å²) in [6.45, 7) is 7.50. The number of ether oxygens (including phenoxy) is 4. The molecule has 0 bridgehead atoms. The molecule has 39 heavy (non-hydrogen) atoms. The Hall–Kier alpha value is -3.33. The minimum atomic E-state index is -0.647. The van der Waals surface area contributed by atoms with Crippen molar-refractivity contribution in [3.8, 4) is 23.0 Å². The van der Waals surface area contributed by atoms with E-state index in [9.17, 15) is 14.7 Å². The highest BCUT2D eigenvalue weighted by atomic mass is 79.9. The Labute approximate surface area is 237 Å². The summed E-state index contributed by atoms with van der Waals surface area (Å²) < 4.78 is 22.5. The first-order chi connectivity index (χ1) is 18.6. The number of carbonyl (C=O) groups is 2. The fourth-order valence-corrected chi connectivity index (χ4v) is 5.92. The van der Waals surface area contributed by atoms with E-state index in [0.29, 0.717) is 45.8 Å². The highest BCUT2D eigenvalue weighted by Crippen LogP contribution is 2.49. The number of phenols is 1. The predicted octanol–water partition coefficient (Wildman–Crippen LogP) is 6.10. The van der Waals surface area contributed by atoms with E-state index in [0.717, 1.165) is 11.3 Å². The van der Waals surface area contributed by atoms with Gasteiger partial charge in [-0.2, -0.15) is 0 Å². The van der Waals surface area contributed by atoms with E-state index in [1.165, 1.54) is 0 Å². The Kier molecular flexibility index (Phi) is 8.69. The fourth-order valence-electron chi connectivity index (χ4n) is 5.46. The van der Waals surface area contributed by atoms with Crippen LogP contribution in [-0.4, -0.2) is 49.5 Å². The molecule has 2 aliphatic rings. The predicted molar refractivity (Wildman–Crippen MR) is 151 cm³/mol. The van der Waals surface area contributed by atoms with Crippen molar-refractivity contribution < 1.29 is 33.6 Å². The van der Waals surface area contributed by atoms with Crippen molar-refractivity contribution in [3.63, 3.8) is 0 Å². The SMILES string of the molecule is CCOc1cc([C@@H]2C(C(=O)OC(C)C)=C(C)N=C3C[C@H](c4ccc(OC)c(OC)c4)CC(=O)C32)cc(Br)c1O. The number of ketones is 1. The molecule has 1 unspecified atom stereocenters. The van der Waals surface area contributed by atoms with Gasteiger partial charge in [-0.05, 0) is 91.4 Å². The Morgan fingerprint density at radius 2 is 1.74 bits per heavy atom. The molecule has 0 aromatic heterocycles. The average molecular weight is 601 g/mol. The molecule has 0 amide bonds. The van der Waals surface area contributed by atoms with Crippen LogP contribution in [0.15, 0.2) is 51.1 Å². The van der Waals surface area contributed by atoms with Crippen molar-refractivity contribution in [1.82, 2.24) is 0 Å². The number of halogens is 1. The molecule has 1 heterocycles. The summed E-state index contributed by atoms with van der Waals surface area (Å²) >= 11 is 3.41. The topological polar surface area (TPSA) is 104 Å². The van der Waals surface area contributed by atoms with Gasteiger partial charge in [0.25, 0.3) is 0 Å². The summed E-state index contributed by atoms with van der Waals surface area (Å²) in [7, 11) is 3.16. The first-order valence-electron chi connectivity index (χ1n) is 13.0. The minimum absolute atomic E-state index is 0.0192. The van der Waals surface area contributed by atoms with Crippen LogP contribution < -0.4 is 14.2 Å². The lowest BCUT2D eigenvalue weighted by atomic mass is 9.66. The van der Waals surface area contributed by atoms with Crippen LogP contribution in [0.25, 0.3) is 0 Å².